The van der Waals surface area contributed by atoms with Crippen molar-refractivity contribution < 1.29 is 4.79 Å². The molecule has 1 aliphatic carbocycles. The van der Waals surface area contributed by atoms with Gasteiger partial charge < -0.3 is 16.0 Å². The van der Waals surface area contributed by atoms with Crippen LogP contribution in [0.5, 0.6) is 0 Å². The third kappa shape index (κ3) is 3.10. The molecule has 1 saturated carbocycles. The van der Waals surface area contributed by atoms with Gasteiger partial charge in [0.25, 0.3) is 0 Å². The normalized spacial score (nSPS) is 23.3. The zero-order valence-corrected chi connectivity index (χ0v) is 12.4. The number of benzene rings is 1. The maximum Gasteiger partial charge on any atom is 0.237 e. The van der Waals surface area contributed by atoms with E-state index in [4.69, 9.17) is 5.73 Å². The van der Waals surface area contributed by atoms with Gasteiger partial charge >= 0.3 is 0 Å². The van der Waals surface area contributed by atoms with Gasteiger partial charge in [0.15, 0.2) is 0 Å². The van der Waals surface area contributed by atoms with Crippen molar-refractivity contribution in [3.63, 3.8) is 0 Å². The van der Waals surface area contributed by atoms with Gasteiger partial charge in [0.2, 0.25) is 5.91 Å². The van der Waals surface area contributed by atoms with Gasteiger partial charge in [0, 0.05) is 23.1 Å². The Balaban J connectivity index is 1.63. The number of nitrogens with one attached hydrogen (secondary N) is 2. The summed E-state index contributed by atoms with van der Waals surface area (Å²) >= 11 is 0. The van der Waals surface area contributed by atoms with Crippen LogP contribution >= 0.6 is 0 Å². The maximum atomic E-state index is 12.2. The molecule has 0 radical (unpaired) electrons. The Kier molecular flexibility index (Phi) is 3.97. The number of amides is 1. The minimum Gasteiger partial charge on any atom is -0.361 e. The molecular formula is C17H23N3O. The monoisotopic (exact) mass is 285 g/mol. The topological polar surface area (TPSA) is 70.9 Å². The highest BCUT2D eigenvalue weighted by Gasteiger charge is 2.25. The van der Waals surface area contributed by atoms with Crippen molar-refractivity contribution in [3.8, 4) is 0 Å². The fourth-order valence-electron chi connectivity index (χ4n) is 3.28. The Labute approximate surface area is 125 Å². The van der Waals surface area contributed by atoms with Crippen molar-refractivity contribution >= 4 is 16.8 Å². The number of aromatic nitrogens is 1. The summed E-state index contributed by atoms with van der Waals surface area (Å²) in [7, 11) is 0. The second kappa shape index (κ2) is 5.90. The standard InChI is InChI=1S/C17H23N3O/c1-11-6-7-13(8-11)20-17(21)15(18)9-12-10-19-16-5-3-2-4-14(12)16/h2-5,10-11,13,15,19H,6-9,18H2,1H3,(H,20,21)/t11?,13?,15-/m1/s1. The summed E-state index contributed by atoms with van der Waals surface area (Å²) in [4.78, 5) is 15.4. The van der Waals surface area contributed by atoms with Gasteiger partial charge in [0.1, 0.15) is 0 Å². The molecule has 4 heteroatoms. The number of aromatic amines is 1. The van der Waals surface area contributed by atoms with Gasteiger partial charge in [0.05, 0.1) is 6.04 Å². The predicted octanol–water partition coefficient (Wildman–Crippen LogP) is 2.34. The molecule has 1 fully saturated rings. The molecular weight excluding hydrogens is 262 g/mol. The lowest BCUT2D eigenvalue weighted by Gasteiger charge is -2.16. The second-order valence-electron chi connectivity index (χ2n) is 6.29. The largest absolute Gasteiger partial charge is 0.361 e. The van der Waals surface area contributed by atoms with Crippen LogP contribution in [0.3, 0.4) is 0 Å². The summed E-state index contributed by atoms with van der Waals surface area (Å²) in [5.41, 5.74) is 8.28. The van der Waals surface area contributed by atoms with Crippen LogP contribution in [0.15, 0.2) is 30.5 Å². The lowest BCUT2D eigenvalue weighted by Crippen LogP contribution is -2.45. The lowest BCUT2D eigenvalue weighted by atomic mass is 10.0. The van der Waals surface area contributed by atoms with Crippen LogP contribution in [-0.4, -0.2) is 23.0 Å². The van der Waals surface area contributed by atoms with E-state index in [1.165, 1.54) is 6.42 Å². The zero-order valence-electron chi connectivity index (χ0n) is 12.4. The molecule has 112 valence electrons. The Hall–Kier alpha value is -1.81. The van der Waals surface area contributed by atoms with Gasteiger partial charge in [-0.05, 0) is 43.2 Å². The van der Waals surface area contributed by atoms with Crippen LogP contribution in [0.1, 0.15) is 31.7 Å². The first kappa shape index (κ1) is 14.1. The molecule has 4 nitrogen and oxygen atoms in total. The van der Waals surface area contributed by atoms with E-state index in [-0.39, 0.29) is 5.91 Å². The Morgan fingerprint density at radius 3 is 3.00 bits per heavy atom. The molecule has 4 N–H and O–H groups in total. The highest BCUT2D eigenvalue weighted by atomic mass is 16.2. The van der Waals surface area contributed by atoms with Gasteiger partial charge in [-0.25, -0.2) is 0 Å². The number of para-hydroxylation sites is 1. The van der Waals surface area contributed by atoms with Crippen LogP contribution in [-0.2, 0) is 11.2 Å². The molecule has 0 spiro atoms. The number of carbonyl (C=O) groups is 1. The summed E-state index contributed by atoms with van der Waals surface area (Å²) in [5.74, 6) is 0.680. The van der Waals surface area contributed by atoms with E-state index in [0.29, 0.717) is 18.4 Å². The highest BCUT2D eigenvalue weighted by molar-refractivity contribution is 5.86. The van der Waals surface area contributed by atoms with Crippen molar-refractivity contribution in [1.29, 1.82) is 0 Å². The number of fused-ring (bicyclic) bond motifs is 1. The molecule has 1 aromatic heterocycles. The van der Waals surface area contributed by atoms with Crippen LogP contribution in [0.4, 0.5) is 0 Å². The summed E-state index contributed by atoms with van der Waals surface area (Å²) in [6.45, 7) is 2.23. The molecule has 2 aromatic rings. The first-order valence-corrected chi connectivity index (χ1v) is 7.74. The number of H-pyrrole nitrogens is 1. The number of nitrogens with two attached hydrogens (primary N) is 1. The smallest absolute Gasteiger partial charge is 0.237 e. The average Bonchev–Trinajstić information content (AvgIpc) is 3.06. The predicted molar refractivity (Wildman–Crippen MR) is 84.9 cm³/mol. The molecule has 3 atom stereocenters. The molecule has 1 heterocycles. The lowest BCUT2D eigenvalue weighted by molar-refractivity contribution is -0.123. The molecule has 21 heavy (non-hydrogen) atoms. The molecule has 3 rings (SSSR count). The van der Waals surface area contributed by atoms with Crippen LogP contribution in [0.25, 0.3) is 10.9 Å². The van der Waals surface area contributed by atoms with Crippen molar-refractivity contribution in [1.82, 2.24) is 10.3 Å². The SMILES string of the molecule is CC1CCC(NC(=O)[C@H](N)Cc2c[nH]c3ccccc23)C1. The number of hydrogen-bond donors (Lipinski definition) is 3. The van der Waals surface area contributed by atoms with E-state index in [1.807, 2.05) is 24.4 Å². The minimum absolute atomic E-state index is 0.0284. The minimum atomic E-state index is -0.486. The summed E-state index contributed by atoms with van der Waals surface area (Å²) in [5, 5.41) is 4.24. The Morgan fingerprint density at radius 2 is 2.24 bits per heavy atom. The molecule has 0 bridgehead atoms. The molecule has 1 aliphatic rings. The van der Waals surface area contributed by atoms with Gasteiger partial charge in [-0.2, -0.15) is 0 Å². The number of carbonyl (C=O) groups excluding carboxylic acids is 1. The average molecular weight is 285 g/mol. The zero-order chi connectivity index (χ0) is 14.8. The summed E-state index contributed by atoms with van der Waals surface area (Å²) < 4.78 is 0. The summed E-state index contributed by atoms with van der Waals surface area (Å²) in [6.07, 6.45) is 5.87. The van der Waals surface area contributed by atoms with Crippen LogP contribution in [0, 0.1) is 5.92 Å². The number of rotatable bonds is 4. The first-order chi connectivity index (χ1) is 10.1. The van der Waals surface area contributed by atoms with E-state index in [2.05, 4.69) is 23.3 Å². The van der Waals surface area contributed by atoms with E-state index < -0.39 is 6.04 Å². The van der Waals surface area contributed by atoms with Crippen molar-refractivity contribution in [2.75, 3.05) is 0 Å². The fraction of sp³-hybridized carbons (Fsp3) is 0.471. The third-order valence-corrected chi connectivity index (χ3v) is 4.49. The maximum absolute atomic E-state index is 12.2. The van der Waals surface area contributed by atoms with Gasteiger partial charge in [-0.1, -0.05) is 25.1 Å². The molecule has 0 aliphatic heterocycles. The highest BCUT2D eigenvalue weighted by Crippen LogP contribution is 2.24. The van der Waals surface area contributed by atoms with E-state index in [1.54, 1.807) is 0 Å². The van der Waals surface area contributed by atoms with E-state index >= 15 is 0 Å². The Morgan fingerprint density at radius 1 is 1.43 bits per heavy atom. The van der Waals surface area contributed by atoms with Crippen molar-refractivity contribution in [3.05, 3.63) is 36.0 Å². The van der Waals surface area contributed by atoms with Crippen molar-refractivity contribution in [2.24, 2.45) is 11.7 Å². The second-order valence-corrected chi connectivity index (χ2v) is 6.29. The molecule has 1 aromatic carbocycles. The molecule has 1 amide bonds. The number of hydrogen-bond acceptors (Lipinski definition) is 2. The van der Waals surface area contributed by atoms with E-state index in [0.717, 1.165) is 29.3 Å². The van der Waals surface area contributed by atoms with Gasteiger partial charge in [-0.3, -0.25) is 4.79 Å². The Bertz CT molecular complexity index is 634. The quantitative estimate of drug-likeness (QED) is 0.807. The fourth-order valence-corrected chi connectivity index (χ4v) is 3.28. The van der Waals surface area contributed by atoms with Crippen LogP contribution < -0.4 is 11.1 Å². The molecule has 2 unspecified atom stereocenters. The van der Waals surface area contributed by atoms with Gasteiger partial charge in [-0.15, -0.1) is 0 Å². The third-order valence-electron chi connectivity index (χ3n) is 4.49. The summed E-state index contributed by atoms with van der Waals surface area (Å²) in [6, 6.07) is 7.91. The van der Waals surface area contributed by atoms with Crippen molar-refractivity contribution in [2.45, 2.75) is 44.7 Å². The first-order valence-electron chi connectivity index (χ1n) is 7.74. The van der Waals surface area contributed by atoms with Crippen LogP contribution in [0.2, 0.25) is 0 Å². The van der Waals surface area contributed by atoms with E-state index in [9.17, 15) is 4.79 Å². The molecule has 0 saturated heterocycles.